The first-order chi connectivity index (χ1) is 6.90. The van der Waals surface area contributed by atoms with E-state index in [0.29, 0.717) is 6.01 Å². The molecule has 0 aliphatic rings. The molecule has 0 aliphatic carbocycles. The Bertz CT molecular complexity index is 414. The van der Waals surface area contributed by atoms with E-state index in [0.717, 1.165) is 17.5 Å². The van der Waals surface area contributed by atoms with Crippen LogP contribution in [0.4, 0.5) is 6.01 Å². The number of oxazole rings is 1. The first kappa shape index (κ1) is 8.74. The summed E-state index contributed by atoms with van der Waals surface area (Å²) in [6.07, 6.45) is 2.64. The van der Waals surface area contributed by atoms with Crippen molar-refractivity contribution in [2.75, 3.05) is 5.43 Å². The molecule has 4 heteroatoms. The number of aromatic nitrogens is 1. The summed E-state index contributed by atoms with van der Waals surface area (Å²) >= 11 is 0. The van der Waals surface area contributed by atoms with Gasteiger partial charge in [0.05, 0.1) is 0 Å². The molecule has 0 fully saturated rings. The van der Waals surface area contributed by atoms with E-state index >= 15 is 0 Å². The van der Waals surface area contributed by atoms with Crippen LogP contribution in [-0.2, 0) is 0 Å². The summed E-state index contributed by atoms with van der Waals surface area (Å²) < 4.78 is 5.38. The first-order valence-corrected chi connectivity index (χ1v) is 4.53. The smallest absolute Gasteiger partial charge is 0.316 e. The van der Waals surface area contributed by atoms with Gasteiger partial charge in [-0.1, -0.05) is 19.1 Å². The highest BCUT2D eigenvalue weighted by Gasteiger charge is 2.01. The number of hydrogen-bond donors (Lipinski definition) is 1. The van der Waals surface area contributed by atoms with E-state index in [1.807, 2.05) is 31.2 Å². The lowest BCUT2D eigenvalue weighted by molar-refractivity contribution is 0.617. The average Bonchev–Trinajstić information content (AvgIpc) is 2.60. The molecule has 0 saturated carbocycles. The summed E-state index contributed by atoms with van der Waals surface area (Å²) in [5.41, 5.74) is 4.33. The number of para-hydroxylation sites is 2. The van der Waals surface area contributed by atoms with E-state index in [4.69, 9.17) is 4.42 Å². The van der Waals surface area contributed by atoms with Gasteiger partial charge in [0.2, 0.25) is 0 Å². The fraction of sp³-hybridized carbons (Fsp3) is 0.200. The Hall–Kier alpha value is -1.84. The van der Waals surface area contributed by atoms with E-state index in [1.54, 1.807) is 6.21 Å². The minimum Gasteiger partial charge on any atom is -0.422 e. The van der Waals surface area contributed by atoms with Gasteiger partial charge in [-0.3, -0.25) is 0 Å². The van der Waals surface area contributed by atoms with Crippen molar-refractivity contribution in [3.05, 3.63) is 24.3 Å². The highest BCUT2D eigenvalue weighted by Crippen LogP contribution is 2.17. The Morgan fingerprint density at radius 1 is 1.50 bits per heavy atom. The van der Waals surface area contributed by atoms with E-state index in [-0.39, 0.29) is 0 Å². The number of anilines is 1. The van der Waals surface area contributed by atoms with Gasteiger partial charge in [-0.2, -0.15) is 10.1 Å². The Morgan fingerprint density at radius 2 is 2.36 bits per heavy atom. The summed E-state index contributed by atoms with van der Waals surface area (Å²) in [4.78, 5) is 4.19. The Morgan fingerprint density at radius 3 is 3.14 bits per heavy atom. The second-order valence-electron chi connectivity index (χ2n) is 2.82. The van der Waals surface area contributed by atoms with Crippen molar-refractivity contribution in [3.8, 4) is 0 Å². The van der Waals surface area contributed by atoms with Crippen molar-refractivity contribution in [2.24, 2.45) is 5.10 Å². The van der Waals surface area contributed by atoms with Crippen LogP contribution in [0, 0.1) is 0 Å². The Kier molecular flexibility index (Phi) is 2.44. The van der Waals surface area contributed by atoms with Gasteiger partial charge in [-0.25, -0.2) is 5.43 Å². The van der Waals surface area contributed by atoms with Gasteiger partial charge in [0.25, 0.3) is 0 Å². The Balaban J connectivity index is 2.23. The molecule has 0 atom stereocenters. The van der Waals surface area contributed by atoms with Crippen molar-refractivity contribution >= 4 is 23.3 Å². The van der Waals surface area contributed by atoms with E-state index < -0.39 is 0 Å². The summed E-state index contributed by atoms with van der Waals surface area (Å²) in [6, 6.07) is 8.03. The van der Waals surface area contributed by atoms with Crippen LogP contribution in [0.2, 0.25) is 0 Å². The molecule has 1 N–H and O–H groups in total. The summed E-state index contributed by atoms with van der Waals surface area (Å²) in [7, 11) is 0. The number of rotatable bonds is 3. The Labute approximate surface area is 81.6 Å². The molecule has 0 amide bonds. The minimum atomic E-state index is 0.427. The van der Waals surface area contributed by atoms with Gasteiger partial charge in [-0.05, 0) is 18.6 Å². The largest absolute Gasteiger partial charge is 0.422 e. The number of benzene rings is 1. The maximum atomic E-state index is 5.38. The third-order valence-corrected chi connectivity index (χ3v) is 1.73. The number of hydrazone groups is 1. The van der Waals surface area contributed by atoms with Crippen molar-refractivity contribution in [2.45, 2.75) is 13.3 Å². The van der Waals surface area contributed by atoms with Gasteiger partial charge in [0.1, 0.15) is 5.52 Å². The van der Waals surface area contributed by atoms with E-state index in [9.17, 15) is 0 Å². The average molecular weight is 189 g/mol. The molecular formula is C10H11N3O. The summed E-state index contributed by atoms with van der Waals surface area (Å²) in [6.45, 7) is 2.01. The maximum absolute atomic E-state index is 5.38. The zero-order valence-corrected chi connectivity index (χ0v) is 7.90. The molecule has 0 aliphatic heterocycles. The molecule has 72 valence electrons. The topological polar surface area (TPSA) is 50.4 Å². The zero-order chi connectivity index (χ0) is 9.80. The highest BCUT2D eigenvalue weighted by atomic mass is 16.4. The van der Waals surface area contributed by atoms with E-state index in [2.05, 4.69) is 15.5 Å². The molecule has 4 nitrogen and oxygen atoms in total. The molecule has 0 saturated heterocycles. The minimum absolute atomic E-state index is 0.427. The molecule has 0 radical (unpaired) electrons. The molecule has 1 aromatic heterocycles. The van der Waals surface area contributed by atoms with Crippen molar-refractivity contribution in [1.82, 2.24) is 4.98 Å². The fourth-order valence-corrected chi connectivity index (χ4v) is 1.11. The van der Waals surface area contributed by atoms with Crippen LogP contribution in [0.3, 0.4) is 0 Å². The summed E-state index contributed by atoms with van der Waals surface area (Å²) in [5, 5.41) is 3.92. The maximum Gasteiger partial charge on any atom is 0.316 e. The third kappa shape index (κ3) is 1.74. The van der Waals surface area contributed by atoms with Crippen LogP contribution in [-0.4, -0.2) is 11.2 Å². The number of fused-ring (bicyclic) bond motifs is 1. The normalized spacial score (nSPS) is 11.2. The van der Waals surface area contributed by atoms with Crippen LogP contribution in [0.5, 0.6) is 0 Å². The number of nitrogens with one attached hydrogen (secondary N) is 1. The quantitative estimate of drug-likeness (QED) is 0.596. The van der Waals surface area contributed by atoms with Gasteiger partial charge in [0, 0.05) is 6.21 Å². The molecule has 2 rings (SSSR count). The first-order valence-electron chi connectivity index (χ1n) is 4.53. The van der Waals surface area contributed by atoms with Gasteiger partial charge in [-0.15, -0.1) is 0 Å². The number of hydrogen-bond acceptors (Lipinski definition) is 4. The molecule has 2 aromatic rings. The van der Waals surface area contributed by atoms with Crippen LogP contribution in [0.15, 0.2) is 33.8 Å². The van der Waals surface area contributed by atoms with Gasteiger partial charge >= 0.3 is 6.01 Å². The monoisotopic (exact) mass is 189 g/mol. The predicted molar refractivity (Wildman–Crippen MR) is 56.4 cm³/mol. The predicted octanol–water partition coefficient (Wildman–Crippen LogP) is 2.64. The molecule has 0 bridgehead atoms. The lowest BCUT2D eigenvalue weighted by Gasteiger charge is -1.88. The second-order valence-corrected chi connectivity index (χ2v) is 2.82. The standard InChI is InChI=1S/C10H11N3O/c1-2-7-11-13-10-12-8-5-3-4-6-9(8)14-10/h3-7H,2H2,1H3,(H,12,13). The second kappa shape index (κ2) is 3.91. The third-order valence-electron chi connectivity index (χ3n) is 1.73. The van der Waals surface area contributed by atoms with Crippen LogP contribution >= 0.6 is 0 Å². The van der Waals surface area contributed by atoms with Crippen LogP contribution < -0.4 is 5.43 Å². The van der Waals surface area contributed by atoms with Crippen LogP contribution in [0.1, 0.15) is 13.3 Å². The molecule has 1 heterocycles. The molecular weight excluding hydrogens is 178 g/mol. The number of nitrogens with zero attached hydrogens (tertiary/aromatic N) is 2. The SMILES string of the molecule is CCC=NNc1nc2ccccc2o1. The molecule has 14 heavy (non-hydrogen) atoms. The van der Waals surface area contributed by atoms with Crippen LogP contribution in [0.25, 0.3) is 11.1 Å². The van der Waals surface area contributed by atoms with Crippen molar-refractivity contribution in [3.63, 3.8) is 0 Å². The van der Waals surface area contributed by atoms with Gasteiger partial charge < -0.3 is 4.42 Å². The van der Waals surface area contributed by atoms with E-state index in [1.165, 1.54) is 0 Å². The lowest BCUT2D eigenvalue weighted by Crippen LogP contribution is -1.87. The fourth-order valence-electron chi connectivity index (χ4n) is 1.11. The zero-order valence-electron chi connectivity index (χ0n) is 7.90. The van der Waals surface area contributed by atoms with Gasteiger partial charge in [0.15, 0.2) is 5.58 Å². The highest BCUT2D eigenvalue weighted by molar-refractivity contribution is 5.74. The molecule has 0 unspecified atom stereocenters. The summed E-state index contributed by atoms with van der Waals surface area (Å²) in [5.74, 6) is 0. The molecule has 0 spiro atoms. The molecule has 1 aromatic carbocycles. The van der Waals surface area contributed by atoms with Crippen molar-refractivity contribution < 1.29 is 4.42 Å². The van der Waals surface area contributed by atoms with Crippen molar-refractivity contribution in [1.29, 1.82) is 0 Å². The lowest BCUT2D eigenvalue weighted by atomic mass is 10.3.